The molecule has 0 saturated carbocycles. The average Bonchev–Trinajstić information content (AvgIpc) is 2.40. The van der Waals surface area contributed by atoms with E-state index in [1.807, 2.05) is 0 Å². The maximum atomic E-state index is 3.43. The quantitative estimate of drug-likeness (QED) is 0.732. The summed E-state index contributed by atoms with van der Waals surface area (Å²) in [5.41, 5.74) is 0. The van der Waals surface area contributed by atoms with E-state index in [-0.39, 0.29) is 0 Å². The van der Waals surface area contributed by atoms with Crippen LogP contribution in [0.5, 0.6) is 0 Å². The highest BCUT2D eigenvalue weighted by Gasteiger charge is 2.29. The summed E-state index contributed by atoms with van der Waals surface area (Å²) in [5, 5.41) is 3.43. The molecule has 98 valence electrons. The number of piperazine rings is 2. The normalized spacial score (nSPS) is 33.5. The molecule has 0 aromatic rings. The van der Waals surface area contributed by atoms with Crippen LogP contribution in [-0.4, -0.2) is 79.8 Å². The zero-order chi connectivity index (χ0) is 11.5. The van der Waals surface area contributed by atoms with Gasteiger partial charge in [0.05, 0.1) is 6.67 Å². The van der Waals surface area contributed by atoms with Crippen molar-refractivity contribution < 1.29 is 0 Å². The second-order valence-corrected chi connectivity index (χ2v) is 5.77. The van der Waals surface area contributed by atoms with E-state index in [4.69, 9.17) is 0 Å². The van der Waals surface area contributed by atoms with Crippen molar-refractivity contribution >= 4 is 0 Å². The zero-order valence-corrected chi connectivity index (χ0v) is 10.9. The fourth-order valence-electron chi connectivity index (χ4n) is 3.48. The lowest BCUT2D eigenvalue weighted by Crippen LogP contribution is -2.58. The molecule has 0 aliphatic carbocycles. The van der Waals surface area contributed by atoms with Crippen LogP contribution in [0.4, 0.5) is 0 Å². The number of piperidine rings is 1. The molecular weight excluding hydrogens is 212 g/mol. The standard InChI is InChI=1S/C13H26N4/c1-2-6-17-10-9-16(11-13(17)3-1)12-15-7-4-14-5-8-15/h13-14H,1-12H2. The number of hydrogen-bond acceptors (Lipinski definition) is 4. The number of fused-ring (bicyclic) bond motifs is 1. The second-order valence-electron chi connectivity index (χ2n) is 5.77. The molecule has 3 saturated heterocycles. The molecule has 3 heterocycles. The molecule has 0 amide bonds. The van der Waals surface area contributed by atoms with Crippen molar-refractivity contribution in [3.63, 3.8) is 0 Å². The van der Waals surface area contributed by atoms with Gasteiger partial charge in [0, 0.05) is 51.9 Å². The second kappa shape index (κ2) is 5.65. The van der Waals surface area contributed by atoms with Gasteiger partial charge in [-0.25, -0.2) is 0 Å². The lowest BCUT2D eigenvalue weighted by atomic mass is 10.00. The van der Waals surface area contributed by atoms with Gasteiger partial charge in [-0.15, -0.1) is 0 Å². The Kier molecular flexibility index (Phi) is 3.96. The molecule has 0 radical (unpaired) electrons. The van der Waals surface area contributed by atoms with Crippen LogP contribution in [0.3, 0.4) is 0 Å². The Hall–Kier alpha value is -0.160. The van der Waals surface area contributed by atoms with E-state index >= 15 is 0 Å². The SMILES string of the molecule is C1CCN2CCN(CN3CCNCC3)CC2C1. The smallest absolute Gasteiger partial charge is 0.0508 e. The molecule has 1 N–H and O–H groups in total. The summed E-state index contributed by atoms with van der Waals surface area (Å²) in [6.07, 6.45) is 4.30. The Labute approximate surface area is 105 Å². The Morgan fingerprint density at radius 3 is 2.65 bits per heavy atom. The maximum Gasteiger partial charge on any atom is 0.0508 e. The Bertz CT molecular complexity index is 238. The summed E-state index contributed by atoms with van der Waals surface area (Å²) < 4.78 is 0. The van der Waals surface area contributed by atoms with Gasteiger partial charge in [-0.05, 0) is 19.4 Å². The molecule has 1 atom stereocenters. The molecule has 0 bridgehead atoms. The number of hydrogen-bond donors (Lipinski definition) is 1. The van der Waals surface area contributed by atoms with Crippen LogP contribution in [0, 0.1) is 0 Å². The summed E-state index contributed by atoms with van der Waals surface area (Å²) in [6.45, 7) is 11.2. The van der Waals surface area contributed by atoms with Gasteiger partial charge in [-0.1, -0.05) is 6.42 Å². The summed E-state index contributed by atoms with van der Waals surface area (Å²) in [6, 6.07) is 0.861. The number of rotatable bonds is 2. The summed E-state index contributed by atoms with van der Waals surface area (Å²) in [5.74, 6) is 0. The third kappa shape index (κ3) is 2.99. The van der Waals surface area contributed by atoms with Gasteiger partial charge in [-0.3, -0.25) is 14.7 Å². The van der Waals surface area contributed by atoms with Crippen LogP contribution in [0.15, 0.2) is 0 Å². The molecule has 17 heavy (non-hydrogen) atoms. The largest absolute Gasteiger partial charge is 0.314 e. The molecule has 4 heteroatoms. The minimum Gasteiger partial charge on any atom is -0.314 e. The third-order valence-electron chi connectivity index (χ3n) is 4.53. The predicted molar refractivity (Wildman–Crippen MR) is 70.1 cm³/mol. The lowest BCUT2D eigenvalue weighted by Gasteiger charge is -2.45. The van der Waals surface area contributed by atoms with Crippen molar-refractivity contribution in [3.8, 4) is 0 Å². The van der Waals surface area contributed by atoms with Gasteiger partial charge >= 0.3 is 0 Å². The van der Waals surface area contributed by atoms with Crippen LogP contribution in [0.25, 0.3) is 0 Å². The van der Waals surface area contributed by atoms with Crippen molar-refractivity contribution in [2.24, 2.45) is 0 Å². The first-order valence-corrected chi connectivity index (χ1v) is 7.31. The summed E-state index contributed by atoms with van der Waals surface area (Å²) >= 11 is 0. The van der Waals surface area contributed by atoms with E-state index < -0.39 is 0 Å². The topological polar surface area (TPSA) is 21.8 Å². The fraction of sp³-hybridized carbons (Fsp3) is 1.00. The predicted octanol–water partition coefficient (Wildman–Crippen LogP) is 0.0192. The van der Waals surface area contributed by atoms with E-state index in [0.29, 0.717) is 0 Å². The van der Waals surface area contributed by atoms with Crippen LogP contribution in [-0.2, 0) is 0 Å². The Morgan fingerprint density at radius 2 is 1.76 bits per heavy atom. The highest BCUT2D eigenvalue weighted by Crippen LogP contribution is 2.21. The van der Waals surface area contributed by atoms with Crippen molar-refractivity contribution in [3.05, 3.63) is 0 Å². The first kappa shape index (κ1) is 11.9. The number of nitrogens with one attached hydrogen (secondary N) is 1. The monoisotopic (exact) mass is 238 g/mol. The van der Waals surface area contributed by atoms with Gasteiger partial charge in [-0.2, -0.15) is 0 Å². The maximum absolute atomic E-state index is 3.43. The van der Waals surface area contributed by atoms with Crippen LogP contribution in [0.1, 0.15) is 19.3 Å². The van der Waals surface area contributed by atoms with Gasteiger partial charge < -0.3 is 5.32 Å². The highest BCUT2D eigenvalue weighted by molar-refractivity contribution is 4.85. The highest BCUT2D eigenvalue weighted by atomic mass is 15.4. The molecule has 3 fully saturated rings. The molecule has 1 unspecified atom stereocenters. The number of nitrogens with zero attached hydrogens (tertiary/aromatic N) is 3. The molecule has 3 aliphatic rings. The molecular formula is C13H26N4. The molecule has 0 aromatic heterocycles. The Balaban J connectivity index is 1.48. The van der Waals surface area contributed by atoms with Gasteiger partial charge in [0.2, 0.25) is 0 Å². The molecule has 4 nitrogen and oxygen atoms in total. The Morgan fingerprint density at radius 1 is 0.882 bits per heavy atom. The van der Waals surface area contributed by atoms with E-state index in [1.165, 1.54) is 78.3 Å². The van der Waals surface area contributed by atoms with Gasteiger partial charge in [0.1, 0.15) is 0 Å². The first-order chi connectivity index (χ1) is 8.42. The fourth-order valence-corrected chi connectivity index (χ4v) is 3.48. The van der Waals surface area contributed by atoms with E-state index in [9.17, 15) is 0 Å². The van der Waals surface area contributed by atoms with Crippen LogP contribution in [0.2, 0.25) is 0 Å². The van der Waals surface area contributed by atoms with Crippen LogP contribution < -0.4 is 5.32 Å². The van der Waals surface area contributed by atoms with Crippen LogP contribution >= 0.6 is 0 Å². The van der Waals surface area contributed by atoms with E-state index in [2.05, 4.69) is 20.0 Å². The summed E-state index contributed by atoms with van der Waals surface area (Å²) in [7, 11) is 0. The van der Waals surface area contributed by atoms with Gasteiger partial charge in [0.25, 0.3) is 0 Å². The average molecular weight is 238 g/mol. The van der Waals surface area contributed by atoms with E-state index in [0.717, 1.165) is 6.04 Å². The lowest BCUT2D eigenvalue weighted by molar-refractivity contribution is 0.0168. The minimum absolute atomic E-state index is 0.861. The van der Waals surface area contributed by atoms with Crippen molar-refractivity contribution in [2.45, 2.75) is 25.3 Å². The third-order valence-corrected chi connectivity index (χ3v) is 4.53. The summed E-state index contributed by atoms with van der Waals surface area (Å²) in [4.78, 5) is 8.00. The first-order valence-electron chi connectivity index (χ1n) is 7.31. The molecule has 3 rings (SSSR count). The van der Waals surface area contributed by atoms with Crippen molar-refractivity contribution in [1.29, 1.82) is 0 Å². The van der Waals surface area contributed by atoms with Crippen molar-refractivity contribution in [1.82, 2.24) is 20.0 Å². The van der Waals surface area contributed by atoms with Gasteiger partial charge in [0.15, 0.2) is 0 Å². The molecule has 3 aliphatic heterocycles. The molecule has 0 spiro atoms. The van der Waals surface area contributed by atoms with Crippen molar-refractivity contribution in [2.75, 3.05) is 59.0 Å². The molecule has 0 aromatic carbocycles. The zero-order valence-electron chi connectivity index (χ0n) is 10.9. The van der Waals surface area contributed by atoms with E-state index in [1.54, 1.807) is 0 Å². The minimum atomic E-state index is 0.861.